The van der Waals surface area contributed by atoms with Crippen LogP contribution in [0.15, 0.2) is 11.8 Å². The summed E-state index contributed by atoms with van der Waals surface area (Å²) in [6.45, 7) is 3.21. The summed E-state index contributed by atoms with van der Waals surface area (Å²) in [6.07, 6.45) is 3.02. The molecule has 0 rings (SSSR count). The van der Waals surface area contributed by atoms with Gasteiger partial charge in [-0.3, -0.25) is 4.79 Å². The molecule has 0 heterocycles. The zero-order valence-corrected chi connectivity index (χ0v) is 7.26. The van der Waals surface area contributed by atoms with Crippen LogP contribution in [0.5, 0.6) is 0 Å². The number of rotatable bonds is 4. The fourth-order valence-corrected chi connectivity index (χ4v) is 0.670. The molecule has 0 aliphatic carbocycles. The summed E-state index contributed by atoms with van der Waals surface area (Å²) in [4.78, 5) is 21.0. The number of carbonyl (C=O) groups is 2. The number of carboxylic acids is 1. The van der Waals surface area contributed by atoms with Gasteiger partial charge >= 0.3 is 5.97 Å². The SMILES string of the molecule is CCC/C=C(/NC(C)=O)C(=O)O. The van der Waals surface area contributed by atoms with Crippen molar-refractivity contribution in [1.82, 2.24) is 5.32 Å². The number of carboxylic acid groups (broad SMARTS) is 1. The van der Waals surface area contributed by atoms with Gasteiger partial charge in [0.05, 0.1) is 0 Å². The molecule has 0 aliphatic heterocycles. The molecule has 1 amide bonds. The van der Waals surface area contributed by atoms with Crippen molar-refractivity contribution in [2.45, 2.75) is 26.7 Å². The number of nitrogens with one attached hydrogen (secondary N) is 1. The lowest BCUT2D eigenvalue weighted by molar-refractivity contribution is -0.134. The molecule has 0 bridgehead atoms. The standard InChI is InChI=1S/C8H13NO3/c1-3-4-5-7(8(11)12)9-6(2)10/h5H,3-4H2,1-2H3,(H,9,10)(H,11,12)/b7-5+. The van der Waals surface area contributed by atoms with Gasteiger partial charge in [-0.25, -0.2) is 4.79 Å². The number of aliphatic carboxylic acids is 1. The normalized spacial score (nSPS) is 11.0. The average Bonchev–Trinajstić information content (AvgIpc) is 1.96. The summed E-state index contributed by atoms with van der Waals surface area (Å²) in [5.41, 5.74) is -0.0376. The number of allylic oxidation sites excluding steroid dienone is 1. The Morgan fingerprint density at radius 2 is 2.08 bits per heavy atom. The minimum absolute atomic E-state index is 0.0376. The fraction of sp³-hybridized carbons (Fsp3) is 0.500. The first-order valence-corrected chi connectivity index (χ1v) is 3.79. The summed E-state index contributed by atoms with van der Waals surface area (Å²) in [7, 11) is 0. The van der Waals surface area contributed by atoms with Crippen LogP contribution >= 0.6 is 0 Å². The third-order valence-corrected chi connectivity index (χ3v) is 1.18. The molecule has 0 fully saturated rings. The molecule has 4 nitrogen and oxygen atoms in total. The second-order valence-corrected chi connectivity index (χ2v) is 2.39. The molecule has 4 heteroatoms. The molecule has 0 spiro atoms. The van der Waals surface area contributed by atoms with Crippen molar-refractivity contribution in [3.8, 4) is 0 Å². The van der Waals surface area contributed by atoms with Crippen LogP contribution in [0.1, 0.15) is 26.7 Å². The molecule has 12 heavy (non-hydrogen) atoms. The molecule has 0 unspecified atom stereocenters. The second kappa shape index (κ2) is 5.35. The van der Waals surface area contributed by atoms with E-state index in [1.807, 2.05) is 6.92 Å². The lowest BCUT2D eigenvalue weighted by Gasteiger charge is -2.01. The molecule has 0 aromatic carbocycles. The summed E-state index contributed by atoms with van der Waals surface area (Å²) >= 11 is 0. The maximum Gasteiger partial charge on any atom is 0.352 e. The molecule has 0 aliphatic rings. The molecular formula is C8H13NO3. The van der Waals surface area contributed by atoms with E-state index in [4.69, 9.17) is 5.11 Å². The topological polar surface area (TPSA) is 66.4 Å². The highest BCUT2D eigenvalue weighted by molar-refractivity contribution is 5.91. The summed E-state index contributed by atoms with van der Waals surface area (Å²) in [5.74, 6) is -1.46. The van der Waals surface area contributed by atoms with Crippen molar-refractivity contribution < 1.29 is 14.7 Å². The van der Waals surface area contributed by atoms with Crippen LogP contribution in [-0.2, 0) is 9.59 Å². The Morgan fingerprint density at radius 1 is 1.50 bits per heavy atom. The molecule has 2 N–H and O–H groups in total. The van der Waals surface area contributed by atoms with Crippen molar-refractivity contribution in [2.75, 3.05) is 0 Å². The van der Waals surface area contributed by atoms with Crippen molar-refractivity contribution in [3.05, 3.63) is 11.8 Å². The highest BCUT2D eigenvalue weighted by Crippen LogP contribution is 1.95. The smallest absolute Gasteiger partial charge is 0.352 e. The van der Waals surface area contributed by atoms with Gasteiger partial charge in [-0.2, -0.15) is 0 Å². The van der Waals surface area contributed by atoms with Crippen LogP contribution in [0, 0.1) is 0 Å². The molecule has 68 valence electrons. The minimum Gasteiger partial charge on any atom is -0.477 e. The Balaban J connectivity index is 4.22. The van der Waals surface area contributed by atoms with Gasteiger partial charge in [-0.15, -0.1) is 0 Å². The fourth-order valence-electron chi connectivity index (χ4n) is 0.670. The Morgan fingerprint density at radius 3 is 2.42 bits per heavy atom. The van der Waals surface area contributed by atoms with Crippen molar-refractivity contribution in [3.63, 3.8) is 0 Å². The van der Waals surface area contributed by atoms with E-state index < -0.39 is 5.97 Å². The Labute approximate surface area is 71.3 Å². The zero-order chi connectivity index (χ0) is 9.56. The summed E-state index contributed by atoms with van der Waals surface area (Å²) in [6, 6.07) is 0. The van der Waals surface area contributed by atoms with Crippen molar-refractivity contribution in [2.24, 2.45) is 0 Å². The van der Waals surface area contributed by atoms with Gasteiger partial charge < -0.3 is 10.4 Å². The largest absolute Gasteiger partial charge is 0.477 e. The highest BCUT2D eigenvalue weighted by atomic mass is 16.4. The average molecular weight is 171 g/mol. The Bertz CT molecular complexity index is 208. The number of hydrogen-bond donors (Lipinski definition) is 2. The van der Waals surface area contributed by atoms with E-state index in [1.54, 1.807) is 0 Å². The van der Waals surface area contributed by atoms with E-state index in [2.05, 4.69) is 5.32 Å². The molecule has 0 radical (unpaired) electrons. The molecule has 0 saturated carbocycles. The third kappa shape index (κ3) is 4.49. The van der Waals surface area contributed by atoms with E-state index in [9.17, 15) is 9.59 Å². The van der Waals surface area contributed by atoms with Gasteiger partial charge in [-0.1, -0.05) is 19.4 Å². The first-order valence-electron chi connectivity index (χ1n) is 3.79. The second-order valence-electron chi connectivity index (χ2n) is 2.39. The van der Waals surface area contributed by atoms with E-state index in [1.165, 1.54) is 13.0 Å². The molecular weight excluding hydrogens is 158 g/mol. The predicted molar refractivity (Wildman–Crippen MR) is 44.4 cm³/mol. The number of amides is 1. The first kappa shape index (κ1) is 10.7. The van der Waals surface area contributed by atoms with E-state index in [0.717, 1.165) is 6.42 Å². The van der Waals surface area contributed by atoms with Gasteiger partial charge in [0.2, 0.25) is 5.91 Å². The van der Waals surface area contributed by atoms with E-state index >= 15 is 0 Å². The molecule has 0 atom stereocenters. The van der Waals surface area contributed by atoms with Crippen LogP contribution in [0.4, 0.5) is 0 Å². The minimum atomic E-state index is -1.10. The van der Waals surface area contributed by atoms with Crippen LogP contribution < -0.4 is 5.32 Å². The number of hydrogen-bond acceptors (Lipinski definition) is 2. The van der Waals surface area contributed by atoms with Gasteiger partial charge in [0.15, 0.2) is 0 Å². The van der Waals surface area contributed by atoms with Gasteiger partial charge in [0, 0.05) is 6.92 Å². The van der Waals surface area contributed by atoms with E-state index in [-0.39, 0.29) is 11.6 Å². The van der Waals surface area contributed by atoms with Crippen LogP contribution in [0.2, 0.25) is 0 Å². The molecule has 0 saturated heterocycles. The predicted octanol–water partition coefficient (Wildman–Crippen LogP) is 0.891. The zero-order valence-electron chi connectivity index (χ0n) is 7.26. The molecule has 0 aromatic heterocycles. The van der Waals surface area contributed by atoms with E-state index in [0.29, 0.717) is 6.42 Å². The number of unbranched alkanes of at least 4 members (excludes halogenated alkanes) is 1. The summed E-state index contributed by atoms with van der Waals surface area (Å²) in [5, 5.41) is 10.8. The summed E-state index contributed by atoms with van der Waals surface area (Å²) < 4.78 is 0. The lowest BCUT2D eigenvalue weighted by atomic mass is 10.3. The Hall–Kier alpha value is -1.32. The monoisotopic (exact) mass is 171 g/mol. The first-order chi connectivity index (χ1) is 5.57. The maximum absolute atomic E-state index is 10.5. The maximum atomic E-state index is 10.5. The van der Waals surface area contributed by atoms with Gasteiger partial charge in [0.1, 0.15) is 5.70 Å². The lowest BCUT2D eigenvalue weighted by Crippen LogP contribution is -2.24. The van der Waals surface area contributed by atoms with Crippen LogP contribution in [0.3, 0.4) is 0 Å². The number of carbonyl (C=O) groups excluding carboxylic acids is 1. The Kier molecular flexibility index (Phi) is 4.76. The highest BCUT2D eigenvalue weighted by Gasteiger charge is 2.06. The molecule has 0 aromatic rings. The third-order valence-electron chi connectivity index (χ3n) is 1.18. The van der Waals surface area contributed by atoms with Gasteiger partial charge in [-0.05, 0) is 6.42 Å². The quantitative estimate of drug-likeness (QED) is 0.617. The van der Waals surface area contributed by atoms with Crippen molar-refractivity contribution in [1.29, 1.82) is 0 Å². The van der Waals surface area contributed by atoms with Crippen LogP contribution in [-0.4, -0.2) is 17.0 Å². The van der Waals surface area contributed by atoms with Gasteiger partial charge in [0.25, 0.3) is 0 Å². The van der Waals surface area contributed by atoms with Crippen molar-refractivity contribution >= 4 is 11.9 Å². The van der Waals surface area contributed by atoms with Crippen LogP contribution in [0.25, 0.3) is 0 Å².